The van der Waals surface area contributed by atoms with E-state index < -0.39 is 5.54 Å². The zero-order chi connectivity index (χ0) is 10.8. The first-order chi connectivity index (χ1) is 6.52. The minimum absolute atomic E-state index is 0.000417. The molecule has 0 aromatic heterocycles. The van der Waals surface area contributed by atoms with E-state index in [-0.39, 0.29) is 13.2 Å². The summed E-state index contributed by atoms with van der Waals surface area (Å²) in [7, 11) is 0. The Morgan fingerprint density at radius 2 is 1.86 bits per heavy atom. The third kappa shape index (κ3) is 2.27. The average Bonchev–Trinajstić information content (AvgIpc) is 2.94. The van der Waals surface area contributed by atoms with Gasteiger partial charge in [-0.05, 0) is 31.6 Å². The normalized spacial score (nSPS) is 22.1. The molecule has 0 radical (unpaired) electrons. The van der Waals surface area contributed by atoms with Gasteiger partial charge in [0.05, 0.1) is 18.8 Å². The molecular weight excluding hydrogens is 178 g/mol. The molecule has 84 valence electrons. The molecule has 1 unspecified atom stereocenters. The van der Waals surface area contributed by atoms with E-state index in [0.29, 0.717) is 11.5 Å². The molecule has 3 N–H and O–H groups in total. The number of hydrogen-bond acceptors (Lipinski definition) is 3. The second-order valence-electron chi connectivity index (χ2n) is 4.97. The third-order valence-electron chi connectivity index (χ3n) is 3.89. The fraction of sp³-hybridized carbons (Fsp3) is 1.00. The van der Waals surface area contributed by atoms with Crippen molar-refractivity contribution in [2.24, 2.45) is 5.41 Å². The monoisotopic (exact) mass is 201 g/mol. The third-order valence-corrected chi connectivity index (χ3v) is 3.89. The number of rotatable bonds is 6. The van der Waals surface area contributed by atoms with E-state index in [2.05, 4.69) is 19.2 Å². The minimum atomic E-state index is -0.495. The van der Waals surface area contributed by atoms with E-state index in [1.54, 1.807) is 0 Å². The van der Waals surface area contributed by atoms with Crippen LogP contribution in [0.25, 0.3) is 0 Å². The number of aliphatic hydroxyl groups excluding tert-OH is 2. The van der Waals surface area contributed by atoms with Gasteiger partial charge in [-0.15, -0.1) is 0 Å². The summed E-state index contributed by atoms with van der Waals surface area (Å²) in [6.45, 7) is 6.38. The van der Waals surface area contributed by atoms with Gasteiger partial charge in [-0.25, -0.2) is 0 Å². The van der Waals surface area contributed by atoms with Gasteiger partial charge in [-0.3, -0.25) is 0 Å². The standard InChI is InChI=1S/C11H23NO2/c1-4-11(7-13,8-14)12-9(2)10(3)5-6-10/h9,12-14H,4-8H2,1-3H3. The van der Waals surface area contributed by atoms with Gasteiger partial charge in [0.15, 0.2) is 0 Å². The van der Waals surface area contributed by atoms with Crippen LogP contribution in [0.1, 0.15) is 40.0 Å². The molecule has 1 atom stereocenters. The Morgan fingerprint density at radius 1 is 1.36 bits per heavy atom. The Labute approximate surface area is 86.5 Å². The smallest absolute Gasteiger partial charge is 0.0647 e. The summed E-state index contributed by atoms with van der Waals surface area (Å²) in [4.78, 5) is 0. The predicted molar refractivity (Wildman–Crippen MR) is 57.1 cm³/mol. The lowest BCUT2D eigenvalue weighted by atomic mass is 9.92. The maximum absolute atomic E-state index is 9.29. The molecule has 1 rings (SSSR count). The van der Waals surface area contributed by atoms with Crippen LogP contribution in [0.15, 0.2) is 0 Å². The molecule has 1 saturated carbocycles. The van der Waals surface area contributed by atoms with E-state index in [4.69, 9.17) is 0 Å². The second kappa shape index (κ2) is 4.17. The first-order valence-electron chi connectivity index (χ1n) is 5.51. The van der Waals surface area contributed by atoms with Gasteiger partial charge in [-0.1, -0.05) is 13.8 Å². The summed E-state index contributed by atoms with van der Waals surface area (Å²) < 4.78 is 0. The Hall–Kier alpha value is -0.120. The Balaban J connectivity index is 2.54. The highest BCUT2D eigenvalue weighted by Crippen LogP contribution is 2.48. The van der Waals surface area contributed by atoms with Crippen molar-refractivity contribution in [3.8, 4) is 0 Å². The van der Waals surface area contributed by atoms with E-state index in [9.17, 15) is 10.2 Å². The van der Waals surface area contributed by atoms with Crippen LogP contribution in [0.3, 0.4) is 0 Å². The second-order valence-corrected chi connectivity index (χ2v) is 4.97. The largest absolute Gasteiger partial charge is 0.394 e. The Kier molecular flexibility index (Phi) is 3.56. The van der Waals surface area contributed by atoms with Gasteiger partial charge in [0.2, 0.25) is 0 Å². The lowest BCUT2D eigenvalue weighted by molar-refractivity contribution is 0.0710. The lowest BCUT2D eigenvalue weighted by Gasteiger charge is -2.35. The highest BCUT2D eigenvalue weighted by molar-refractivity contribution is 5.00. The Bertz CT molecular complexity index is 177. The molecule has 1 fully saturated rings. The summed E-state index contributed by atoms with van der Waals surface area (Å²) in [5.74, 6) is 0. The van der Waals surface area contributed by atoms with Crippen LogP contribution < -0.4 is 5.32 Å². The van der Waals surface area contributed by atoms with Gasteiger partial charge < -0.3 is 15.5 Å². The molecule has 0 spiro atoms. The molecule has 0 aliphatic heterocycles. The van der Waals surface area contributed by atoms with Gasteiger partial charge >= 0.3 is 0 Å². The lowest BCUT2D eigenvalue weighted by Crippen LogP contribution is -2.56. The van der Waals surface area contributed by atoms with Gasteiger partial charge in [-0.2, -0.15) is 0 Å². The topological polar surface area (TPSA) is 52.5 Å². The molecule has 0 amide bonds. The number of aliphatic hydroxyl groups is 2. The van der Waals surface area contributed by atoms with Crippen molar-refractivity contribution in [1.82, 2.24) is 5.32 Å². The number of hydrogen-bond donors (Lipinski definition) is 3. The molecule has 0 bridgehead atoms. The SMILES string of the molecule is CCC(CO)(CO)NC(C)C1(C)CC1. The molecule has 0 heterocycles. The average molecular weight is 201 g/mol. The Morgan fingerprint density at radius 3 is 2.14 bits per heavy atom. The fourth-order valence-electron chi connectivity index (χ4n) is 1.73. The van der Waals surface area contributed by atoms with Crippen molar-refractivity contribution in [3.05, 3.63) is 0 Å². The summed E-state index contributed by atoms with van der Waals surface area (Å²) in [5, 5.41) is 22.0. The molecule has 1 aliphatic rings. The van der Waals surface area contributed by atoms with Crippen LogP contribution in [0.5, 0.6) is 0 Å². The molecular formula is C11H23NO2. The van der Waals surface area contributed by atoms with Crippen molar-refractivity contribution in [2.45, 2.75) is 51.6 Å². The first-order valence-corrected chi connectivity index (χ1v) is 5.51. The molecule has 3 nitrogen and oxygen atoms in total. The first kappa shape index (κ1) is 12.0. The summed E-state index contributed by atoms with van der Waals surface area (Å²) in [5.41, 5.74) is -0.115. The van der Waals surface area contributed by atoms with Crippen molar-refractivity contribution < 1.29 is 10.2 Å². The van der Waals surface area contributed by atoms with Crippen LogP contribution in [0.4, 0.5) is 0 Å². The van der Waals surface area contributed by atoms with Crippen molar-refractivity contribution >= 4 is 0 Å². The van der Waals surface area contributed by atoms with Gasteiger partial charge in [0.1, 0.15) is 0 Å². The summed E-state index contributed by atoms with van der Waals surface area (Å²) >= 11 is 0. The molecule has 1 aliphatic carbocycles. The van der Waals surface area contributed by atoms with Crippen molar-refractivity contribution in [1.29, 1.82) is 0 Å². The molecule has 0 aromatic rings. The highest BCUT2D eigenvalue weighted by atomic mass is 16.3. The van der Waals surface area contributed by atoms with E-state index in [1.807, 2.05) is 6.92 Å². The maximum Gasteiger partial charge on any atom is 0.0647 e. The molecule has 3 heteroatoms. The van der Waals surface area contributed by atoms with E-state index >= 15 is 0 Å². The van der Waals surface area contributed by atoms with Crippen LogP contribution in [-0.4, -0.2) is 35.0 Å². The zero-order valence-electron chi connectivity index (χ0n) is 9.51. The molecule has 14 heavy (non-hydrogen) atoms. The predicted octanol–water partition coefficient (Wildman–Crippen LogP) is 0.898. The van der Waals surface area contributed by atoms with Crippen molar-refractivity contribution in [3.63, 3.8) is 0 Å². The van der Waals surface area contributed by atoms with E-state index in [1.165, 1.54) is 12.8 Å². The highest BCUT2D eigenvalue weighted by Gasteiger charge is 2.44. The van der Waals surface area contributed by atoms with Gasteiger partial charge in [0, 0.05) is 6.04 Å². The van der Waals surface area contributed by atoms with Crippen LogP contribution in [-0.2, 0) is 0 Å². The zero-order valence-corrected chi connectivity index (χ0v) is 9.51. The van der Waals surface area contributed by atoms with Crippen molar-refractivity contribution in [2.75, 3.05) is 13.2 Å². The van der Waals surface area contributed by atoms with Crippen LogP contribution in [0, 0.1) is 5.41 Å². The minimum Gasteiger partial charge on any atom is -0.394 e. The molecule has 0 aromatic carbocycles. The molecule has 0 saturated heterocycles. The number of nitrogens with one attached hydrogen (secondary N) is 1. The van der Waals surface area contributed by atoms with E-state index in [0.717, 1.165) is 6.42 Å². The maximum atomic E-state index is 9.29. The summed E-state index contributed by atoms with van der Waals surface area (Å²) in [6.07, 6.45) is 3.25. The fourth-order valence-corrected chi connectivity index (χ4v) is 1.73. The van der Waals surface area contributed by atoms with Crippen LogP contribution >= 0.6 is 0 Å². The quantitative estimate of drug-likeness (QED) is 0.598. The van der Waals surface area contributed by atoms with Gasteiger partial charge in [0.25, 0.3) is 0 Å². The summed E-state index contributed by atoms with van der Waals surface area (Å²) in [6, 6.07) is 0.363. The van der Waals surface area contributed by atoms with Crippen LogP contribution in [0.2, 0.25) is 0 Å².